The highest BCUT2D eigenvalue weighted by Crippen LogP contribution is 2.04. The number of rotatable bonds is 1. The number of halogens is 1. The van der Waals surface area contributed by atoms with E-state index in [1.165, 1.54) is 4.68 Å². The third-order valence-corrected chi connectivity index (χ3v) is 1.55. The second-order valence-corrected chi connectivity index (χ2v) is 2.72. The van der Waals surface area contributed by atoms with Crippen LogP contribution in [-0.4, -0.2) is 25.7 Å². The Morgan fingerprint density at radius 1 is 1.73 bits per heavy atom. The Balaban J connectivity index is 3.13. The van der Waals surface area contributed by atoms with Gasteiger partial charge in [0, 0.05) is 7.05 Å². The van der Waals surface area contributed by atoms with Crippen molar-refractivity contribution in [2.24, 2.45) is 12.2 Å². The lowest BCUT2D eigenvalue weighted by molar-refractivity contribution is 0.318. The van der Waals surface area contributed by atoms with Crippen molar-refractivity contribution in [3.05, 3.63) is 10.6 Å². The summed E-state index contributed by atoms with van der Waals surface area (Å²) in [6.45, 7) is 1.65. The zero-order valence-corrected chi connectivity index (χ0v) is 7.70. The molecule has 0 bridgehead atoms. The first-order valence-corrected chi connectivity index (χ1v) is 3.70. The van der Waals surface area contributed by atoms with Gasteiger partial charge in [0.1, 0.15) is 5.71 Å². The highest BCUT2D eigenvalue weighted by molar-refractivity contribution is 9.10. The number of oxime groups is 1. The van der Waals surface area contributed by atoms with E-state index in [2.05, 4.69) is 31.2 Å². The SMILES string of the molecule is CC(=NO)c1nc(Br)nn1C. The van der Waals surface area contributed by atoms with Crippen molar-refractivity contribution in [1.29, 1.82) is 0 Å². The molecule has 1 N–H and O–H groups in total. The monoisotopic (exact) mass is 218 g/mol. The van der Waals surface area contributed by atoms with Crippen LogP contribution in [0.25, 0.3) is 0 Å². The van der Waals surface area contributed by atoms with Crippen LogP contribution >= 0.6 is 15.9 Å². The zero-order chi connectivity index (χ0) is 8.43. The third-order valence-electron chi connectivity index (χ3n) is 1.21. The van der Waals surface area contributed by atoms with Crippen LogP contribution in [0.15, 0.2) is 9.89 Å². The van der Waals surface area contributed by atoms with Crippen molar-refractivity contribution in [2.45, 2.75) is 6.92 Å². The number of hydrogen-bond acceptors (Lipinski definition) is 4. The van der Waals surface area contributed by atoms with E-state index in [9.17, 15) is 0 Å². The molecule has 1 rings (SSSR count). The molecule has 6 heteroatoms. The van der Waals surface area contributed by atoms with Crippen molar-refractivity contribution < 1.29 is 5.21 Å². The Morgan fingerprint density at radius 2 is 2.36 bits per heavy atom. The van der Waals surface area contributed by atoms with Crippen LogP contribution in [0.2, 0.25) is 0 Å². The summed E-state index contributed by atoms with van der Waals surface area (Å²) in [5, 5.41) is 15.3. The highest BCUT2D eigenvalue weighted by Gasteiger charge is 2.07. The minimum Gasteiger partial charge on any atom is -0.411 e. The first-order chi connectivity index (χ1) is 5.15. The lowest BCUT2D eigenvalue weighted by Crippen LogP contribution is -2.05. The Kier molecular flexibility index (Phi) is 2.23. The van der Waals surface area contributed by atoms with E-state index in [1.807, 2.05) is 0 Å². The molecule has 0 atom stereocenters. The predicted octanol–water partition coefficient (Wildman–Crippen LogP) is 0.776. The van der Waals surface area contributed by atoms with Gasteiger partial charge in [0.25, 0.3) is 0 Å². The normalized spacial score (nSPS) is 12.1. The van der Waals surface area contributed by atoms with Crippen LogP contribution < -0.4 is 0 Å². The second kappa shape index (κ2) is 3.00. The minimum atomic E-state index is 0.436. The van der Waals surface area contributed by atoms with Gasteiger partial charge in [-0.05, 0) is 22.9 Å². The van der Waals surface area contributed by atoms with Gasteiger partial charge in [-0.25, -0.2) is 4.68 Å². The van der Waals surface area contributed by atoms with E-state index in [0.29, 0.717) is 16.3 Å². The lowest BCUT2D eigenvalue weighted by atomic mass is 10.4. The van der Waals surface area contributed by atoms with Gasteiger partial charge >= 0.3 is 0 Å². The second-order valence-electron chi connectivity index (χ2n) is 2.01. The van der Waals surface area contributed by atoms with E-state index in [0.717, 1.165) is 0 Å². The fraction of sp³-hybridized carbons (Fsp3) is 0.400. The Morgan fingerprint density at radius 3 is 2.73 bits per heavy atom. The lowest BCUT2D eigenvalue weighted by Gasteiger charge is -1.93. The molecule has 0 aliphatic rings. The van der Waals surface area contributed by atoms with Crippen LogP contribution in [0, 0.1) is 0 Å². The largest absolute Gasteiger partial charge is 0.411 e. The van der Waals surface area contributed by atoms with Gasteiger partial charge in [0.2, 0.25) is 4.73 Å². The molecule has 11 heavy (non-hydrogen) atoms. The van der Waals surface area contributed by atoms with Crippen molar-refractivity contribution in [1.82, 2.24) is 14.8 Å². The smallest absolute Gasteiger partial charge is 0.217 e. The number of nitrogens with zero attached hydrogens (tertiary/aromatic N) is 4. The van der Waals surface area contributed by atoms with Crippen molar-refractivity contribution >= 4 is 21.6 Å². The average Bonchev–Trinajstić information content (AvgIpc) is 2.28. The molecule has 1 heterocycles. The van der Waals surface area contributed by atoms with E-state index in [-0.39, 0.29) is 0 Å². The van der Waals surface area contributed by atoms with Crippen molar-refractivity contribution in [3.8, 4) is 0 Å². The molecule has 0 aliphatic heterocycles. The summed E-state index contributed by atoms with van der Waals surface area (Å²) in [5.74, 6) is 0.541. The summed E-state index contributed by atoms with van der Waals surface area (Å²) in [7, 11) is 1.72. The zero-order valence-electron chi connectivity index (χ0n) is 6.11. The summed E-state index contributed by atoms with van der Waals surface area (Å²) in [4.78, 5) is 3.96. The molecule has 5 nitrogen and oxygen atoms in total. The molecular formula is C5H7BrN4O. The van der Waals surface area contributed by atoms with Crippen molar-refractivity contribution in [2.75, 3.05) is 0 Å². The van der Waals surface area contributed by atoms with E-state index >= 15 is 0 Å². The van der Waals surface area contributed by atoms with Crippen LogP contribution in [0.5, 0.6) is 0 Å². The average molecular weight is 219 g/mol. The van der Waals surface area contributed by atoms with E-state index < -0.39 is 0 Å². The van der Waals surface area contributed by atoms with Crippen LogP contribution in [0.3, 0.4) is 0 Å². The topological polar surface area (TPSA) is 63.3 Å². The third kappa shape index (κ3) is 1.56. The molecular weight excluding hydrogens is 212 g/mol. The standard InChI is InChI=1S/C5H7BrN4O/c1-3(9-11)4-7-5(6)8-10(4)2/h11H,1-2H3. The molecule has 0 saturated carbocycles. The molecule has 0 saturated heterocycles. The number of aryl methyl sites for hydroxylation is 1. The van der Waals surface area contributed by atoms with Crippen LogP contribution in [-0.2, 0) is 7.05 Å². The first kappa shape index (κ1) is 8.19. The van der Waals surface area contributed by atoms with Gasteiger partial charge in [0.15, 0.2) is 5.82 Å². The molecule has 0 spiro atoms. The number of aromatic nitrogens is 3. The summed E-state index contributed by atoms with van der Waals surface area (Å²) >= 11 is 3.10. The van der Waals surface area contributed by atoms with Crippen LogP contribution in [0.1, 0.15) is 12.7 Å². The summed E-state index contributed by atoms with van der Waals surface area (Å²) in [6.07, 6.45) is 0. The van der Waals surface area contributed by atoms with Gasteiger partial charge in [0.05, 0.1) is 0 Å². The molecule has 0 radical (unpaired) electrons. The summed E-state index contributed by atoms with van der Waals surface area (Å²) in [6, 6.07) is 0. The molecule has 0 aliphatic carbocycles. The Bertz CT molecular complexity index is 293. The maximum Gasteiger partial charge on any atom is 0.217 e. The van der Waals surface area contributed by atoms with Gasteiger partial charge in [-0.3, -0.25) is 0 Å². The molecule has 0 unspecified atom stereocenters. The Hall–Kier alpha value is -0.910. The fourth-order valence-electron chi connectivity index (χ4n) is 0.713. The number of hydrogen-bond donors (Lipinski definition) is 1. The molecule has 1 aromatic heterocycles. The molecule has 0 amide bonds. The molecule has 0 fully saturated rings. The fourth-order valence-corrected chi connectivity index (χ4v) is 1.12. The van der Waals surface area contributed by atoms with Gasteiger partial charge in [-0.1, -0.05) is 5.16 Å². The van der Waals surface area contributed by atoms with E-state index in [4.69, 9.17) is 5.21 Å². The summed E-state index contributed by atoms with van der Waals surface area (Å²) in [5.41, 5.74) is 0.436. The van der Waals surface area contributed by atoms with Gasteiger partial charge < -0.3 is 5.21 Å². The maximum absolute atomic E-state index is 8.41. The van der Waals surface area contributed by atoms with Crippen LogP contribution in [0.4, 0.5) is 0 Å². The molecule has 0 aromatic carbocycles. The maximum atomic E-state index is 8.41. The summed E-state index contributed by atoms with van der Waals surface area (Å²) < 4.78 is 2.01. The first-order valence-electron chi connectivity index (χ1n) is 2.90. The molecule has 60 valence electrons. The highest BCUT2D eigenvalue weighted by atomic mass is 79.9. The predicted molar refractivity (Wildman–Crippen MR) is 42.7 cm³/mol. The Labute approximate surface area is 71.9 Å². The molecule has 1 aromatic rings. The van der Waals surface area contributed by atoms with Gasteiger partial charge in [-0.2, -0.15) is 4.98 Å². The quantitative estimate of drug-likeness (QED) is 0.431. The minimum absolute atomic E-state index is 0.436. The van der Waals surface area contributed by atoms with Crippen molar-refractivity contribution in [3.63, 3.8) is 0 Å². The van der Waals surface area contributed by atoms with Gasteiger partial charge in [-0.15, -0.1) is 5.10 Å². The van der Waals surface area contributed by atoms with E-state index in [1.54, 1.807) is 14.0 Å².